The Hall–Kier alpha value is -3.15. The Morgan fingerprint density at radius 3 is 2.48 bits per heavy atom. The fourth-order valence-electron chi connectivity index (χ4n) is 6.19. The van der Waals surface area contributed by atoms with Crippen molar-refractivity contribution in [3.8, 4) is 6.07 Å². The summed E-state index contributed by atoms with van der Waals surface area (Å²) in [6.07, 6.45) is 1.06. The molecule has 4 rings (SSSR count). The Labute approximate surface area is 240 Å². The minimum absolute atomic E-state index is 0.0903. The van der Waals surface area contributed by atoms with Crippen molar-refractivity contribution in [3.05, 3.63) is 58.9 Å². The zero-order valence-electron chi connectivity index (χ0n) is 25.3. The lowest BCUT2D eigenvalue weighted by Gasteiger charge is -2.44. The van der Waals surface area contributed by atoms with Crippen molar-refractivity contribution in [2.24, 2.45) is 13.0 Å². The molecule has 2 aliphatic rings. The molecule has 8 nitrogen and oxygen atoms in total. The number of nitriles is 1. The number of amides is 2. The minimum atomic E-state index is -0.293. The van der Waals surface area contributed by atoms with E-state index in [1.54, 1.807) is 6.07 Å². The highest BCUT2D eigenvalue weighted by Crippen LogP contribution is 2.30. The van der Waals surface area contributed by atoms with Crippen LogP contribution in [0.5, 0.6) is 0 Å². The SMILES string of the molecule is Cc1ccc(CN2C[C@@H](N(Cc3cccc(C#N)c3)C(=O)CC(C)C)C[C@H]2C(=O)N2CC(C)N(C)CC2C)n1C. The number of likely N-dealkylation sites (N-methyl/N-ethyl adjacent to an activating group) is 1. The Morgan fingerprint density at radius 2 is 1.82 bits per heavy atom. The van der Waals surface area contributed by atoms with Crippen molar-refractivity contribution in [1.82, 2.24) is 24.2 Å². The van der Waals surface area contributed by atoms with Gasteiger partial charge in [-0.05, 0) is 70.0 Å². The molecule has 40 heavy (non-hydrogen) atoms. The van der Waals surface area contributed by atoms with E-state index in [-0.39, 0.29) is 35.9 Å². The van der Waals surface area contributed by atoms with Gasteiger partial charge in [0.2, 0.25) is 11.8 Å². The fourth-order valence-corrected chi connectivity index (χ4v) is 6.19. The molecule has 1 aromatic heterocycles. The summed E-state index contributed by atoms with van der Waals surface area (Å²) in [6.45, 7) is 13.8. The van der Waals surface area contributed by atoms with Gasteiger partial charge in [-0.2, -0.15) is 5.26 Å². The number of piperazine rings is 1. The molecule has 2 saturated heterocycles. The molecule has 2 amide bonds. The van der Waals surface area contributed by atoms with E-state index in [2.05, 4.69) is 86.2 Å². The number of benzene rings is 1. The molecule has 0 bridgehead atoms. The fraction of sp³-hybridized carbons (Fsp3) is 0.594. The summed E-state index contributed by atoms with van der Waals surface area (Å²) in [5.41, 5.74) is 3.88. The third kappa shape index (κ3) is 6.59. The van der Waals surface area contributed by atoms with Gasteiger partial charge in [0, 0.05) is 75.7 Å². The third-order valence-electron chi connectivity index (χ3n) is 8.84. The predicted octanol–water partition coefficient (Wildman–Crippen LogP) is 3.77. The Bertz CT molecular complexity index is 1250. The summed E-state index contributed by atoms with van der Waals surface area (Å²) in [4.78, 5) is 36.5. The minimum Gasteiger partial charge on any atom is -0.351 e. The van der Waals surface area contributed by atoms with Crippen LogP contribution in [0.4, 0.5) is 0 Å². The van der Waals surface area contributed by atoms with Gasteiger partial charge in [0.15, 0.2) is 0 Å². The molecule has 3 heterocycles. The molecule has 216 valence electrons. The highest BCUT2D eigenvalue weighted by molar-refractivity contribution is 5.83. The summed E-state index contributed by atoms with van der Waals surface area (Å²) in [5.74, 6) is 0.504. The van der Waals surface area contributed by atoms with Gasteiger partial charge in [-0.15, -0.1) is 0 Å². The lowest BCUT2D eigenvalue weighted by molar-refractivity contribution is -0.142. The first kappa shape index (κ1) is 29.8. The average molecular weight is 547 g/mol. The molecule has 0 saturated carbocycles. The quantitative estimate of drug-likeness (QED) is 0.504. The van der Waals surface area contributed by atoms with Gasteiger partial charge in [0.25, 0.3) is 0 Å². The lowest BCUT2D eigenvalue weighted by atomic mass is 10.0. The van der Waals surface area contributed by atoms with Crippen molar-refractivity contribution >= 4 is 11.8 Å². The number of rotatable bonds is 8. The zero-order valence-corrected chi connectivity index (χ0v) is 25.3. The maximum atomic E-state index is 14.2. The number of aryl methyl sites for hydroxylation is 1. The van der Waals surface area contributed by atoms with E-state index in [0.29, 0.717) is 50.6 Å². The average Bonchev–Trinajstić information content (AvgIpc) is 3.47. The Balaban J connectivity index is 1.65. The molecule has 1 aromatic carbocycles. The van der Waals surface area contributed by atoms with Gasteiger partial charge in [-0.1, -0.05) is 26.0 Å². The first-order valence-electron chi connectivity index (χ1n) is 14.6. The van der Waals surface area contributed by atoms with Gasteiger partial charge in [0.05, 0.1) is 17.7 Å². The van der Waals surface area contributed by atoms with Crippen LogP contribution in [0.3, 0.4) is 0 Å². The van der Waals surface area contributed by atoms with Crippen LogP contribution in [-0.2, 0) is 29.7 Å². The standard InChI is InChI=1S/C32H46N6O2/c1-22(2)13-31(39)38(19-27-10-8-9-26(14-27)16-33)29-15-30(32(40)37-18-24(4)34(6)17-25(37)5)36(21-29)20-28-12-11-23(3)35(28)7/h8-12,14,22,24-25,29-30H,13,15,17-21H2,1-7H3/t24?,25?,29-,30-/m0/s1. The molecular weight excluding hydrogens is 500 g/mol. The largest absolute Gasteiger partial charge is 0.351 e. The van der Waals surface area contributed by atoms with Crippen LogP contribution in [0.2, 0.25) is 0 Å². The third-order valence-corrected chi connectivity index (χ3v) is 8.84. The monoisotopic (exact) mass is 546 g/mol. The molecule has 2 aliphatic heterocycles. The predicted molar refractivity (Wildman–Crippen MR) is 157 cm³/mol. The van der Waals surface area contributed by atoms with E-state index in [1.807, 2.05) is 23.1 Å². The second-order valence-electron chi connectivity index (χ2n) is 12.4. The van der Waals surface area contributed by atoms with Crippen molar-refractivity contribution < 1.29 is 9.59 Å². The van der Waals surface area contributed by atoms with Gasteiger partial charge in [0.1, 0.15) is 0 Å². The maximum Gasteiger partial charge on any atom is 0.240 e. The first-order valence-corrected chi connectivity index (χ1v) is 14.6. The van der Waals surface area contributed by atoms with E-state index in [9.17, 15) is 14.9 Å². The molecule has 2 fully saturated rings. The van der Waals surface area contributed by atoms with E-state index in [1.165, 1.54) is 5.69 Å². The maximum absolute atomic E-state index is 14.2. The normalized spacial score (nSPS) is 23.9. The van der Waals surface area contributed by atoms with Crippen molar-refractivity contribution in [3.63, 3.8) is 0 Å². The Morgan fingerprint density at radius 1 is 1.07 bits per heavy atom. The number of aromatic nitrogens is 1. The van der Waals surface area contributed by atoms with Gasteiger partial charge in [-0.25, -0.2) is 0 Å². The summed E-state index contributed by atoms with van der Waals surface area (Å²) >= 11 is 0. The molecule has 0 spiro atoms. The van der Waals surface area contributed by atoms with Crippen LogP contribution in [0.1, 0.15) is 63.1 Å². The number of hydrogen-bond acceptors (Lipinski definition) is 5. The highest BCUT2D eigenvalue weighted by atomic mass is 16.2. The van der Waals surface area contributed by atoms with Crippen LogP contribution < -0.4 is 0 Å². The molecule has 0 radical (unpaired) electrons. The van der Waals surface area contributed by atoms with Crippen LogP contribution in [0, 0.1) is 24.2 Å². The van der Waals surface area contributed by atoms with Crippen LogP contribution >= 0.6 is 0 Å². The van der Waals surface area contributed by atoms with E-state index in [0.717, 1.165) is 17.8 Å². The van der Waals surface area contributed by atoms with Crippen LogP contribution in [0.25, 0.3) is 0 Å². The molecule has 8 heteroatoms. The summed E-state index contributed by atoms with van der Waals surface area (Å²) in [7, 11) is 4.19. The molecule has 2 aromatic rings. The van der Waals surface area contributed by atoms with Gasteiger partial charge in [-0.3, -0.25) is 19.4 Å². The first-order chi connectivity index (χ1) is 19.0. The second kappa shape index (κ2) is 12.6. The number of hydrogen-bond donors (Lipinski definition) is 0. The van der Waals surface area contributed by atoms with Gasteiger partial charge < -0.3 is 14.4 Å². The van der Waals surface area contributed by atoms with E-state index >= 15 is 0 Å². The van der Waals surface area contributed by atoms with Crippen molar-refractivity contribution in [1.29, 1.82) is 5.26 Å². The summed E-state index contributed by atoms with van der Waals surface area (Å²) in [5, 5.41) is 9.43. The molecule has 0 N–H and O–H groups in total. The number of likely N-dealkylation sites (tertiary alicyclic amines) is 1. The number of nitrogens with zero attached hydrogens (tertiary/aromatic N) is 6. The van der Waals surface area contributed by atoms with Crippen LogP contribution in [-0.4, -0.2) is 86.8 Å². The molecule has 0 aliphatic carbocycles. The summed E-state index contributed by atoms with van der Waals surface area (Å²) < 4.78 is 2.19. The highest BCUT2D eigenvalue weighted by Gasteiger charge is 2.44. The number of carbonyl (C=O) groups is 2. The lowest BCUT2D eigenvalue weighted by Crippen LogP contribution is -2.59. The second-order valence-corrected chi connectivity index (χ2v) is 12.4. The van der Waals surface area contributed by atoms with E-state index < -0.39 is 0 Å². The summed E-state index contributed by atoms with van der Waals surface area (Å²) in [6, 6.07) is 14.0. The molecule has 2 unspecified atom stereocenters. The molecular formula is C32H46N6O2. The van der Waals surface area contributed by atoms with Crippen LogP contribution in [0.15, 0.2) is 36.4 Å². The molecule has 4 atom stereocenters. The number of carbonyl (C=O) groups excluding carboxylic acids is 2. The smallest absolute Gasteiger partial charge is 0.240 e. The van der Waals surface area contributed by atoms with Gasteiger partial charge >= 0.3 is 0 Å². The van der Waals surface area contributed by atoms with Crippen molar-refractivity contribution in [2.45, 2.75) is 84.7 Å². The zero-order chi connectivity index (χ0) is 29.1. The Kier molecular flexibility index (Phi) is 9.37. The van der Waals surface area contributed by atoms with Crippen molar-refractivity contribution in [2.75, 3.05) is 26.7 Å². The van der Waals surface area contributed by atoms with E-state index in [4.69, 9.17) is 0 Å². The topological polar surface area (TPSA) is 75.8 Å².